The second-order valence-corrected chi connectivity index (χ2v) is 11.1. The van der Waals surface area contributed by atoms with Crippen LogP contribution in [0.4, 0.5) is 4.39 Å². The Kier molecular flexibility index (Phi) is 7.56. The Morgan fingerprint density at radius 2 is 1.34 bits per heavy atom. The van der Waals surface area contributed by atoms with Crippen molar-refractivity contribution in [3.63, 3.8) is 0 Å². The molecule has 44 heavy (non-hydrogen) atoms. The van der Waals surface area contributed by atoms with E-state index in [9.17, 15) is 0 Å². The van der Waals surface area contributed by atoms with Gasteiger partial charge in [0, 0.05) is 12.6 Å². The number of hydrogen-bond acceptors (Lipinski definition) is 3. The molecule has 1 unspecified atom stereocenters. The first-order valence-corrected chi connectivity index (χ1v) is 15.0. The van der Waals surface area contributed by atoms with Gasteiger partial charge in [0.15, 0.2) is 5.84 Å². The molecule has 1 aliphatic carbocycles. The van der Waals surface area contributed by atoms with Gasteiger partial charge in [-0.3, -0.25) is 0 Å². The molecule has 0 aromatic heterocycles. The largest absolute Gasteiger partial charge is 0.333 e. The summed E-state index contributed by atoms with van der Waals surface area (Å²) in [5, 5.41) is 0. The minimum Gasteiger partial charge on any atom is -0.333 e. The van der Waals surface area contributed by atoms with Gasteiger partial charge in [-0.25, -0.2) is 14.4 Å². The highest BCUT2D eigenvalue weighted by atomic mass is 19.1. The zero-order valence-electron chi connectivity index (χ0n) is 24.6. The average Bonchev–Trinajstić information content (AvgIpc) is 3.10. The Balaban J connectivity index is 1.43. The first kappa shape index (κ1) is 27.5. The second-order valence-electron chi connectivity index (χ2n) is 11.1. The Labute approximate surface area is 258 Å². The van der Waals surface area contributed by atoms with E-state index in [-0.39, 0.29) is 12.0 Å². The van der Waals surface area contributed by atoms with Crippen molar-refractivity contribution >= 4 is 17.2 Å². The highest BCUT2D eigenvalue weighted by Crippen LogP contribution is 2.40. The molecule has 0 fully saturated rings. The molecule has 4 heteroatoms. The fourth-order valence-electron chi connectivity index (χ4n) is 6.06. The van der Waals surface area contributed by atoms with Gasteiger partial charge in [-0.15, -0.1) is 0 Å². The molecule has 5 aromatic carbocycles. The molecule has 0 saturated carbocycles. The maximum Gasteiger partial charge on any atom is 0.162 e. The van der Waals surface area contributed by atoms with E-state index in [0.717, 1.165) is 57.6 Å². The normalized spacial score (nSPS) is 16.3. The fourth-order valence-corrected chi connectivity index (χ4v) is 6.06. The van der Waals surface area contributed by atoms with E-state index in [1.54, 1.807) is 6.07 Å². The Hall–Kier alpha value is -5.35. The summed E-state index contributed by atoms with van der Waals surface area (Å²) >= 11 is 0. The van der Waals surface area contributed by atoms with Crippen LogP contribution in [0.25, 0.3) is 27.8 Å². The van der Waals surface area contributed by atoms with Crippen LogP contribution in [-0.4, -0.2) is 23.6 Å². The minimum absolute atomic E-state index is 0.351. The van der Waals surface area contributed by atoms with E-state index in [2.05, 4.69) is 77.7 Å². The van der Waals surface area contributed by atoms with E-state index < -0.39 is 0 Å². The molecule has 3 nitrogen and oxygen atoms in total. The predicted octanol–water partition coefficient (Wildman–Crippen LogP) is 9.73. The molecule has 1 heterocycles. The van der Waals surface area contributed by atoms with Crippen molar-refractivity contribution in [1.82, 2.24) is 4.90 Å². The Morgan fingerprint density at radius 3 is 2.05 bits per heavy atom. The quantitative estimate of drug-likeness (QED) is 0.199. The third-order valence-electron chi connectivity index (χ3n) is 8.24. The maximum atomic E-state index is 15.9. The van der Waals surface area contributed by atoms with Crippen LogP contribution in [0, 0.1) is 5.82 Å². The fraction of sp³-hybridized carbons (Fsp3) is 0.100. The summed E-state index contributed by atoms with van der Waals surface area (Å²) < 4.78 is 15.9. The van der Waals surface area contributed by atoms with Gasteiger partial charge in [0.25, 0.3) is 0 Å². The van der Waals surface area contributed by atoms with Gasteiger partial charge in [0.1, 0.15) is 17.8 Å². The van der Waals surface area contributed by atoms with Crippen molar-refractivity contribution in [2.75, 3.05) is 7.05 Å². The van der Waals surface area contributed by atoms with Crippen LogP contribution >= 0.6 is 0 Å². The number of hydrogen-bond donors (Lipinski definition) is 0. The molecular formula is C40H32FN3. The molecule has 0 N–H and O–H groups in total. The van der Waals surface area contributed by atoms with Crippen LogP contribution in [0.1, 0.15) is 41.3 Å². The molecule has 0 bridgehead atoms. The molecule has 2 aliphatic rings. The lowest BCUT2D eigenvalue weighted by Crippen LogP contribution is -2.35. The maximum absolute atomic E-state index is 15.9. The topological polar surface area (TPSA) is 28.0 Å². The van der Waals surface area contributed by atoms with E-state index in [0.29, 0.717) is 11.4 Å². The van der Waals surface area contributed by atoms with Crippen LogP contribution in [0.15, 0.2) is 156 Å². The predicted molar refractivity (Wildman–Crippen MR) is 180 cm³/mol. The van der Waals surface area contributed by atoms with Crippen LogP contribution in [-0.2, 0) is 0 Å². The second kappa shape index (κ2) is 12.1. The molecule has 0 saturated heterocycles. The van der Waals surface area contributed by atoms with E-state index in [4.69, 9.17) is 9.98 Å². The van der Waals surface area contributed by atoms with Crippen molar-refractivity contribution in [2.24, 2.45) is 9.98 Å². The number of benzene rings is 5. The average molecular weight is 574 g/mol. The van der Waals surface area contributed by atoms with Gasteiger partial charge in [0.2, 0.25) is 0 Å². The van der Waals surface area contributed by atoms with Gasteiger partial charge in [0.05, 0.1) is 5.56 Å². The first-order chi connectivity index (χ1) is 21.7. The summed E-state index contributed by atoms with van der Waals surface area (Å²) in [7, 11) is 1.99. The van der Waals surface area contributed by atoms with Crippen LogP contribution in [0.3, 0.4) is 0 Å². The zero-order valence-corrected chi connectivity index (χ0v) is 24.6. The minimum atomic E-state index is -0.355. The number of rotatable bonds is 6. The summed E-state index contributed by atoms with van der Waals surface area (Å²) in [4.78, 5) is 12.1. The molecule has 0 amide bonds. The smallest absolute Gasteiger partial charge is 0.162 e. The van der Waals surface area contributed by atoms with Crippen molar-refractivity contribution in [2.45, 2.75) is 19.0 Å². The van der Waals surface area contributed by atoms with Crippen LogP contribution in [0.2, 0.25) is 0 Å². The lowest BCUT2D eigenvalue weighted by molar-refractivity contribution is 0.382. The highest BCUT2D eigenvalue weighted by molar-refractivity contribution is 6.13. The third-order valence-corrected chi connectivity index (χ3v) is 8.24. The summed E-state index contributed by atoms with van der Waals surface area (Å²) in [6.07, 6.45) is 8.39. The zero-order chi connectivity index (χ0) is 29.9. The Morgan fingerprint density at radius 1 is 0.659 bits per heavy atom. The molecule has 214 valence electrons. The molecule has 1 aliphatic heterocycles. The van der Waals surface area contributed by atoms with Crippen LogP contribution < -0.4 is 0 Å². The summed E-state index contributed by atoms with van der Waals surface area (Å²) in [6, 6.07) is 42.3. The van der Waals surface area contributed by atoms with Crippen molar-refractivity contribution in [3.05, 3.63) is 174 Å². The van der Waals surface area contributed by atoms with Gasteiger partial charge >= 0.3 is 0 Å². The molecule has 7 rings (SSSR count). The van der Waals surface area contributed by atoms with Gasteiger partial charge in [-0.05, 0) is 63.9 Å². The van der Waals surface area contributed by atoms with Crippen molar-refractivity contribution in [3.8, 4) is 22.3 Å². The summed E-state index contributed by atoms with van der Waals surface area (Å²) in [5.41, 5.74) is 8.85. The van der Waals surface area contributed by atoms with E-state index >= 15 is 4.39 Å². The van der Waals surface area contributed by atoms with Crippen molar-refractivity contribution in [1.29, 1.82) is 0 Å². The highest BCUT2D eigenvalue weighted by Gasteiger charge is 2.28. The number of allylic oxidation sites excluding steroid dienone is 4. The SMILES string of the molecule is CN1C(c2ccccc2)=NC(c2cc(-c3c(C4=CCCC=C4)cccc3-c3ccccc3)ccc2F)=NC1c1ccccc1. The number of amidine groups is 2. The standard InChI is InChI=1S/C40H32FN3/c1-44-39(30-19-10-4-11-20-30)42-38(43-40(44)31-21-12-5-13-22-31)35-27-32(25-26-36(35)41)37-33(28-15-6-2-7-16-28)23-14-24-34(37)29-17-8-3-9-18-29/h2,4-8,10-27,39H,3,9H2,1H3. The number of nitrogens with zero attached hydrogens (tertiary/aromatic N) is 3. The molecule has 0 radical (unpaired) electrons. The van der Waals surface area contributed by atoms with Crippen LogP contribution in [0.5, 0.6) is 0 Å². The first-order valence-electron chi connectivity index (χ1n) is 15.0. The van der Waals surface area contributed by atoms with E-state index in [1.165, 1.54) is 5.57 Å². The van der Waals surface area contributed by atoms with Gasteiger partial charge < -0.3 is 4.90 Å². The monoisotopic (exact) mass is 573 g/mol. The van der Waals surface area contributed by atoms with Crippen molar-refractivity contribution < 1.29 is 4.39 Å². The molecule has 0 spiro atoms. The lowest BCUT2D eigenvalue weighted by Gasteiger charge is -2.32. The Bertz CT molecular complexity index is 1920. The molecule has 1 atom stereocenters. The number of aliphatic imine (C=N–C) groups is 2. The summed E-state index contributed by atoms with van der Waals surface area (Å²) in [6.45, 7) is 0. The van der Waals surface area contributed by atoms with E-state index in [1.807, 2.05) is 73.8 Å². The molecular weight excluding hydrogens is 541 g/mol. The summed E-state index contributed by atoms with van der Waals surface area (Å²) in [5.74, 6) is 0.776. The van der Waals surface area contributed by atoms with Gasteiger partial charge in [-0.1, -0.05) is 133 Å². The van der Waals surface area contributed by atoms with Gasteiger partial charge in [-0.2, -0.15) is 0 Å². The molecule has 5 aromatic rings. The number of halogens is 1. The lowest BCUT2D eigenvalue weighted by atomic mass is 9.85. The third kappa shape index (κ3) is 5.31.